The topological polar surface area (TPSA) is 96.8 Å². The maximum atomic E-state index is 12.3. The van der Waals surface area contributed by atoms with Crippen molar-refractivity contribution >= 4 is 39.2 Å². The lowest BCUT2D eigenvalue weighted by Crippen LogP contribution is -2.36. The molecule has 3 N–H and O–H groups in total. The number of carboxylic acids is 1. The molecule has 0 spiro atoms. The number of carbonyl (C=O) groups excluding carboxylic acids is 1. The average Bonchev–Trinajstić information content (AvgIpc) is 2.82. The summed E-state index contributed by atoms with van der Waals surface area (Å²) in [6, 6.07) is 9.56. The molecule has 0 aliphatic heterocycles. The number of carboxylic acid groups (broad SMARTS) is 1. The Labute approximate surface area is 122 Å². The SMILES string of the molecule is Nc1ccccc1N(CC(=O)O)C(=O)c1ccc(Br)o1. The van der Waals surface area contributed by atoms with Gasteiger partial charge in [-0.1, -0.05) is 12.1 Å². The number of halogens is 1. The molecule has 2 rings (SSSR count). The zero-order valence-corrected chi connectivity index (χ0v) is 11.8. The Morgan fingerprint density at radius 3 is 2.50 bits per heavy atom. The summed E-state index contributed by atoms with van der Waals surface area (Å²) in [5.74, 6) is -1.69. The molecular weight excluding hydrogens is 328 g/mol. The van der Waals surface area contributed by atoms with Gasteiger partial charge in [-0.2, -0.15) is 0 Å². The number of hydrogen-bond donors (Lipinski definition) is 2. The van der Waals surface area contributed by atoms with Crippen LogP contribution in [0.4, 0.5) is 11.4 Å². The van der Waals surface area contributed by atoms with Gasteiger partial charge in [0.25, 0.3) is 5.91 Å². The van der Waals surface area contributed by atoms with Crippen LogP contribution in [0.1, 0.15) is 10.6 Å². The number of carbonyl (C=O) groups is 2. The van der Waals surface area contributed by atoms with Crippen molar-refractivity contribution in [2.24, 2.45) is 0 Å². The lowest BCUT2D eigenvalue weighted by Gasteiger charge is -2.21. The molecule has 1 amide bonds. The number of aliphatic carboxylic acids is 1. The highest BCUT2D eigenvalue weighted by Gasteiger charge is 2.24. The van der Waals surface area contributed by atoms with E-state index in [0.717, 1.165) is 4.90 Å². The van der Waals surface area contributed by atoms with Crippen molar-refractivity contribution in [1.29, 1.82) is 0 Å². The standard InChI is InChI=1S/C13H11BrN2O4/c14-11-6-5-10(20-11)13(19)16(7-12(17)18)9-4-2-1-3-8(9)15/h1-6H,7,15H2,(H,17,18). The highest BCUT2D eigenvalue weighted by Crippen LogP contribution is 2.25. The van der Waals surface area contributed by atoms with Gasteiger partial charge in [-0.3, -0.25) is 14.5 Å². The molecule has 0 aliphatic carbocycles. The van der Waals surface area contributed by atoms with Crippen LogP contribution in [0.25, 0.3) is 0 Å². The van der Waals surface area contributed by atoms with Crippen LogP contribution in [-0.2, 0) is 4.79 Å². The molecule has 2 aromatic rings. The van der Waals surface area contributed by atoms with Gasteiger partial charge in [0.1, 0.15) is 6.54 Å². The fraction of sp³-hybridized carbons (Fsp3) is 0.0769. The van der Waals surface area contributed by atoms with Gasteiger partial charge < -0.3 is 15.3 Å². The maximum Gasteiger partial charge on any atom is 0.323 e. The van der Waals surface area contributed by atoms with E-state index in [9.17, 15) is 9.59 Å². The molecule has 0 saturated carbocycles. The Balaban J connectivity index is 2.40. The van der Waals surface area contributed by atoms with Crippen LogP contribution < -0.4 is 10.6 Å². The molecule has 0 bridgehead atoms. The zero-order valence-electron chi connectivity index (χ0n) is 10.2. The molecule has 0 atom stereocenters. The minimum absolute atomic E-state index is 0.0291. The Morgan fingerprint density at radius 1 is 1.25 bits per heavy atom. The predicted octanol–water partition coefficient (Wildman–Crippen LogP) is 2.36. The summed E-state index contributed by atoms with van der Waals surface area (Å²) in [5.41, 5.74) is 6.43. The lowest BCUT2D eigenvalue weighted by molar-refractivity contribution is -0.135. The highest BCUT2D eigenvalue weighted by atomic mass is 79.9. The van der Waals surface area contributed by atoms with E-state index in [2.05, 4.69) is 15.9 Å². The number of nitrogens with two attached hydrogens (primary N) is 1. The fourth-order valence-electron chi connectivity index (χ4n) is 1.70. The molecule has 1 heterocycles. The Hall–Kier alpha value is -2.28. The third-order valence-electron chi connectivity index (χ3n) is 2.55. The molecule has 0 aliphatic rings. The number of amides is 1. The molecule has 6 nitrogen and oxygen atoms in total. The van der Waals surface area contributed by atoms with E-state index in [4.69, 9.17) is 15.3 Å². The second kappa shape index (κ2) is 5.79. The summed E-state index contributed by atoms with van der Waals surface area (Å²) in [4.78, 5) is 24.4. The molecule has 0 unspecified atom stereocenters. The van der Waals surface area contributed by atoms with E-state index in [1.54, 1.807) is 30.3 Å². The second-order valence-corrected chi connectivity index (χ2v) is 4.73. The summed E-state index contributed by atoms with van der Waals surface area (Å²) in [6.07, 6.45) is 0. The minimum Gasteiger partial charge on any atom is -0.480 e. The van der Waals surface area contributed by atoms with Crippen molar-refractivity contribution in [2.75, 3.05) is 17.2 Å². The summed E-state index contributed by atoms with van der Waals surface area (Å²) in [7, 11) is 0. The second-order valence-electron chi connectivity index (χ2n) is 3.95. The van der Waals surface area contributed by atoms with E-state index in [0.29, 0.717) is 16.0 Å². The monoisotopic (exact) mass is 338 g/mol. The maximum absolute atomic E-state index is 12.3. The first-order chi connectivity index (χ1) is 9.49. The number of rotatable bonds is 4. The summed E-state index contributed by atoms with van der Waals surface area (Å²) in [5, 5.41) is 8.96. The molecule has 0 fully saturated rings. The number of nitrogen functional groups attached to an aromatic ring is 1. The zero-order chi connectivity index (χ0) is 14.7. The van der Waals surface area contributed by atoms with E-state index >= 15 is 0 Å². The van der Waals surface area contributed by atoms with E-state index in [1.165, 1.54) is 6.07 Å². The number of furan rings is 1. The minimum atomic E-state index is -1.15. The van der Waals surface area contributed by atoms with Gasteiger partial charge in [-0.15, -0.1) is 0 Å². The van der Waals surface area contributed by atoms with Crippen molar-refractivity contribution < 1.29 is 19.1 Å². The number of anilines is 2. The van der Waals surface area contributed by atoms with Crippen molar-refractivity contribution in [3.8, 4) is 0 Å². The first kappa shape index (κ1) is 14.1. The van der Waals surface area contributed by atoms with Crippen LogP contribution in [0.2, 0.25) is 0 Å². The summed E-state index contributed by atoms with van der Waals surface area (Å²) < 4.78 is 5.55. The lowest BCUT2D eigenvalue weighted by atomic mass is 10.2. The third kappa shape index (κ3) is 3.00. The van der Waals surface area contributed by atoms with Crippen LogP contribution in [0, 0.1) is 0 Å². The van der Waals surface area contributed by atoms with Gasteiger partial charge in [0.05, 0.1) is 11.4 Å². The van der Waals surface area contributed by atoms with Crippen molar-refractivity contribution in [3.05, 3.63) is 46.8 Å². The van der Waals surface area contributed by atoms with Gasteiger partial charge in [0.15, 0.2) is 10.4 Å². The molecule has 1 aromatic heterocycles. The number of hydrogen-bond acceptors (Lipinski definition) is 4. The van der Waals surface area contributed by atoms with Crippen molar-refractivity contribution in [2.45, 2.75) is 0 Å². The van der Waals surface area contributed by atoms with Crippen LogP contribution in [0.15, 0.2) is 45.5 Å². The normalized spacial score (nSPS) is 10.2. The van der Waals surface area contributed by atoms with Crippen LogP contribution >= 0.6 is 15.9 Å². The first-order valence-corrected chi connectivity index (χ1v) is 6.42. The van der Waals surface area contributed by atoms with Gasteiger partial charge in [-0.25, -0.2) is 0 Å². The quantitative estimate of drug-likeness (QED) is 0.834. The number of para-hydroxylation sites is 2. The smallest absolute Gasteiger partial charge is 0.323 e. The summed E-state index contributed by atoms with van der Waals surface area (Å²) >= 11 is 3.09. The molecule has 0 radical (unpaired) electrons. The van der Waals surface area contributed by atoms with Crippen LogP contribution in [-0.4, -0.2) is 23.5 Å². The summed E-state index contributed by atoms with van der Waals surface area (Å²) in [6.45, 7) is -0.509. The van der Waals surface area contributed by atoms with Crippen molar-refractivity contribution in [1.82, 2.24) is 0 Å². The third-order valence-corrected chi connectivity index (χ3v) is 2.98. The molecule has 20 heavy (non-hydrogen) atoms. The molecule has 104 valence electrons. The van der Waals surface area contributed by atoms with Gasteiger partial charge >= 0.3 is 5.97 Å². The van der Waals surface area contributed by atoms with Crippen LogP contribution in [0.3, 0.4) is 0 Å². The van der Waals surface area contributed by atoms with E-state index in [-0.39, 0.29) is 5.76 Å². The Bertz CT molecular complexity index is 653. The molecule has 1 aromatic carbocycles. The van der Waals surface area contributed by atoms with Gasteiger partial charge in [0, 0.05) is 0 Å². The Morgan fingerprint density at radius 2 is 1.95 bits per heavy atom. The molecule has 7 heteroatoms. The fourth-order valence-corrected chi connectivity index (χ4v) is 2.00. The number of benzene rings is 1. The number of nitrogens with zero attached hydrogens (tertiary/aromatic N) is 1. The van der Waals surface area contributed by atoms with E-state index in [1.807, 2.05) is 0 Å². The Kier molecular flexibility index (Phi) is 4.09. The van der Waals surface area contributed by atoms with Gasteiger partial charge in [0.2, 0.25) is 0 Å². The molecular formula is C13H11BrN2O4. The van der Waals surface area contributed by atoms with Crippen molar-refractivity contribution in [3.63, 3.8) is 0 Å². The average molecular weight is 339 g/mol. The van der Waals surface area contributed by atoms with Crippen LogP contribution in [0.5, 0.6) is 0 Å². The van der Waals surface area contributed by atoms with E-state index < -0.39 is 18.4 Å². The van der Waals surface area contributed by atoms with Gasteiger partial charge in [-0.05, 0) is 40.2 Å². The first-order valence-electron chi connectivity index (χ1n) is 5.62. The predicted molar refractivity (Wildman–Crippen MR) is 76.6 cm³/mol. The largest absolute Gasteiger partial charge is 0.480 e. The highest BCUT2D eigenvalue weighted by molar-refractivity contribution is 9.10. The molecule has 0 saturated heterocycles.